The normalized spacial score (nSPS) is 10.8. The lowest BCUT2D eigenvalue weighted by Gasteiger charge is -1.97. The molecule has 0 bridgehead atoms. The van der Waals surface area contributed by atoms with Gasteiger partial charge < -0.3 is 0 Å². The first-order chi connectivity index (χ1) is 6.61. The van der Waals surface area contributed by atoms with E-state index in [1.807, 2.05) is 0 Å². The summed E-state index contributed by atoms with van der Waals surface area (Å²) in [5, 5.41) is 13.6. The van der Waals surface area contributed by atoms with Crippen molar-refractivity contribution in [2.75, 3.05) is 0 Å². The van der Waals surface area contributed by atoms with E-state index in [-0.39, 0.29) is 0 Å². The monoisotopic (exact) mass is 214 g/mol. The predicted molar refractivity (Wildman–Crippen MR) is 48.5 cm³/mol. The Kier molecular flexibility index (Phi) is 1.88. The largest absolute Gasteiger partial charge is 0.367 e. The van der Waals surface area contributed by atoms with Gasteiger partial charge in [-0.2, -0.15) is 5.10 Å². The Hall–Kier alpha value is -1.63. The summed E-state index contributed by atoms with van der Waals surface area (Å²) in [6.07, 6.45) is 0. The zero-order chi connectivity index (χ0) is 10.3. The van der Waals surface area contributed by atoms with Crippen LogP contribution < -0.4 is 5.69 Å². The lowest BCUT2D eigenvalue weighted by atomic mass is 10.5. The SMILES string of the molecule is Cc1nn(C)c(-n2nn[nH]c2=O)c1Cl. The van der Waals surface area contributed by atoms with Crippen LogP contribution in [-0.2, 0) is 7.05 Å². The van der Waals surface area contributed by atoms with Crippen molar-refractivity contribution in [3.05, 3.63) is 21.2 Å². The van der Waals surface area contributed by atoms with Crippen molar-refractivity contribution in [3.63, 3.8) is 0 Å². The van der Waals surface area contributed by atoms with E-state index in [0.29, 0.717) is 16.5 Å². The molecule has 74 valence electrons. The maximum absolute atomic E-state index is 11.2. The summed E-state index contributed by atoms with van der Waals surface area (Å²) >= 11 is 5.95. The van der Waals surface area contributed by atoms with Crippen molar-refractivity contribution < 1.29 is 0 Å². The van der Waals surface area contributed by atoms with Gasteiger partial charge in [-0.3, -0.25) is 0 Å². The lowest BCUT2D eigenvalue weighted by Crippen LogP contribution is -2.19. The molecule has 1 N–H and O–H groups in total. The molecule has 7 nitrogen and oxygen atoms in total. The van der Waals surface area contributed by atoms with Crippen LogP contribution in [-0.4, -0.2) is 30.0 Å². The van der Waals surface area contributed by atoms with Gasteiger partial charge in [0.05, 0.1) is 5.69 Å². The second-order valence-corrected chi connectivity index (χ2v) is 3.14. The van der Waals surface area contributed by atoms with Gasteiger partial charge in [-0.25, -0.2) is 14.6 Å². The zero-order valence-corrected chi connectivity index (χ0v) is 8.28. The molecule has 0 amide bonds. The van der Waals surface area contributed by atoms with Crippen LogP contribution in [0, 0.1) is 6.92 Å². The smallest absolute Gasteiger partial charge is 0.249 e. The summed E-state index contributed by atoms with van der Waals surface area (Å²) < 4.78 is 2.53. The fourth-order valence-electron chi connectivity index (χ4n) is 1.19. The Labute approximate surface area is 83.3 Å². The van der Waals surface area contributed by atoms with Crippen molar-refractivity contribution >= 4 is 11.6 Å². The Bertz CT molecular complexity index is 523. The highest BCUT2D eigenvalue weighted by molar-refractivity contribution is 6.32. The van der Waals surface area contributed by atoms with E-state index in [1.54, 1.807) is 14.0 Å². The number of aromatic nitrogens is 6. The number of tetrazole rings is 1. The van der Waals surface area contributed by atoms with Crippen molar-refractivity contribution in [1.29, 1.82) is 0 Å². The van der Waals surface area contributed by atoms with E-state index in [1.165, 1.54) is 4.68 Å². The van der Waals surface area contributed by atoms with E-state index in [4.69, 9.17) is 11.6 Å². The van der Waals surface area contributed by atoms with Gasteiger partial charge >= 0.3 is 5.69 Å². The average molecular weight is 215 g/mol. The average Bonchev–Trinajstić information content (AvgIpc) is 2.60. The summed E-state index contributed by atoms with van der Waals surface area (Å²) in [4.78, 5) is 11.2. The summed E-state index contributed by atoms with van der Waals surface area (Å²) in [5.74, 6) is 0.405. The van der Waals surface area contributed by atoms with Crippen LogP contribution in [0.2, 0.25) is 5.02 Å². The van der Waals surface area contributed by atoms with Crippen LogP contribution >= 0.6 is 11.6 Å². The molecule has 0 unspecified atom stereocenters. The van der Waals surface area contributed by atoms with E-state index in [2.05, 4.69) is 20.6 Å². The standard InChI is InChI=1S/C6H7ClN6O/c1-3-4(7)5(12(2)9-3)13-6(14)8-10-11-13/h1-2H3,(H,8,11,14). The van der Waals surface area contributed by atoms with Crippen molar-refractivity contribution in [3.8, 4) is 5.82 Å². The van der Waals surface area contributed by atoms with Crippen LogP contribution in [0.1, 0.15) is 5.69 Å². The number of aromatic amines is 1. The molecule has 8 heteroatoms. The number of H-pyrrole nitrogens is 1. The third kappa shape index (κ3) is 1.13. The number of rotatable bonds is 1. The molecule has 2 aromatic rings. The second kappa shape index (κ2) is 2.95. The molecular formula is C6H7ClN6O. The zero-order valence-electron chi connectivity index (χ0n) is 7.52. The Balaban J connectivity index is 2.74. The Morgan fingerprint density at radius 3 is 2.64 bits per heavy atom. The fraction of sp³-hybridized carbons (Fsp3) is 0.333. The van der Waals surface area contributed by atoms with Gasteiger partial charge in [-0.05, 0) is 17.4 Å². The minimum atomic E-state index is -0.449. The highest BCUT2D eigenvalue weighted by Crippen LogP contribution is 2.20. The maximum Gasteiger partial charge on any atom is 0.367 e. The predicted octanol–water partition coefficient (Wildman–Crippen LogP) is -0.349. The first kappa shape index (κ1) is 8.95. The number of nitrogens with one attached hydrogen (secondary N) is 1. The van der Waals surface area contributed by atoms with Gasteiger partial charge in [0.2, 0.25) is 0 Å². The third-order valence-electron chi connectivity index (χ3n) is 1.79. The molecule has 0 atom stereocenters. The highest BCUT2D eigenvalue weighted by atomic mass is 35.5. The molecule has 0 aliphatic rings. The number of hydrogen-bond acceptors (Lipinski definition) is 4. The van der Waals surface area contributed by atoms with Gasteiger partial charge in [0.25, 0.3) is 0 Å². The molecule has 0 fully saturated rings. The van der Waals surface area contributed by atoms with Crippen LogP contribution in [0.4, 0.5) is 0 Å². The van der Waals surface area contributed by atoms with Gasteiger partial charge in [0.1, 0.15) is 5.02 Å². The number of nitrogens with zero attached hydrogens (tertiary/aromatic N) is 5. The summed E-state index contributed by atoms with van der Waals surface area (Å²) in [6, 6.07) is 0. The molecule has 0 aliphatic carbocycles. The van der Waals surface area contributed by atoms with Crippen molar-refractivity contribution in [1.82, 2.24) is 30.0 Å². The fourth-order valence-corrected chi connectivity index (χ4v) is 1.43. The molecule has 0 aromatic carbocycles. The van der Waals surface area contributed by atoms with Gasteiger partial charge in [-0.15, -0.1) is 4.68 Å². The molecule has 2 aromatic heterocycles. The quantitative estimate of drug-likeness (QED) is 0.704. The van der Waals surface area contributed by atoms with Crippen LogP contribution in [0.25, 0.3) is 5.82 Å². The second-order valence-electron chi connectivity index (χ2n) is 2.76. The van der Waals surface area contributed by atoms with Crippen molar-refractivity contribution in [2.45, 2.75) is 6.92 Å². The maximum atomic E-state index is 11.2. The Morgan fingerprint density at radius 1 is 1.50 bits per heavy atom. The molecule has 0 radical (unpaired) electrons. The first-order valence-electron chi connectivity index (χ1n) is 3.81. The van der Waals surface area contributed by atoms with E-state index in [9.17, 15) is 4.79 Å². The molecule has 2 rings (SSSR count). The molecule has 0 spiro atoms. The number of hydrogen-bond donors (Lipinski definition) is 1. The first-order valence-corrected chi connectivity index (χ1v) is 4.19. The van der Waals surface area contributed by atoms with Crippen LogP contribution in [0.15, 0.2) is 4.79 Å². The van der Waals surface area contributed by atoms with E-state index < -0.39 is 5.69 Å². The van der Waals surface area contributed by atoms with Gasteiger partial charge in [0.15, 0.2) is 5.82 Å². The molecule has 0 aliphatic heterocycles. The van der Waals surface area contributed by atoms with Crippen LogP contribution in [0.3, 0.4) is 0 Å². The highest BCUT2D eigenvalue weighted by Gasteiger charge is 2.15. The minimum Gasteiger partial charge on any atom is -0.249 e. The van der Waals surface area contributed by atoms with E-state index >= 15 is 0 Å². The molecule has 0 saturated heterocycles. The minimum absolute atomic E-state index is 0.392. The number of aryl methyl sites for hydroxylation is 2. The third-order valence-corrected chi connectivity index (χ3v) is 2.24. The summed E-state index contributed by atoms with van der Waals surface area (Å²) in [5.41, 5.74) is 0.189. The molecule has 0 saturated carbocycles. The van der Waals surface area contributed by atoms with Gasteiger partial charge in [-0.1, -0.05) is 11.6 Å². The Morgan fingerprint density at radius 2 is 2.21 bits per heavy atom. The molecule has 2 heterocycles. The lowest BCUT2D eigenvalue weighted by molar-refractivity contribution is 0.668. The topological polar surface area (TPSA) is 81.4 Å². The number of halogens is 1. The van der Waals surface area contributed by atoms with Crippen LogP contribution in [0.5, 0.6) is 0 Å². The summed E-state index contributed by atoms with van der Waals surface area (Å²) in [7, 11) is 1.68. The summed E-state index contributed by atoms with van der Waals surface area (Å²) in [6.45, 7) is 1.75. The van der Waals surface area contributed by atoms with Gasteiger partial charge in [0, 0.05) is 7.05 Å². The van der Waals surface area contributed by atoms with Crippen molar-refractivity contribution in [2.24, 2.45) is 7.05 Å². The van der Waals surface area contributed by atoms with E-state index in [0.717, 1.165) is 4.68 Å². The molecule has 14 heavy (non-hydrogen) atoms. The molecular weight excluding hydrogens is 208 g/mol.